The zero-order valence-corrected chi connectivity index (χ0v) is 11.5. The van der Waals surface area contributed by atoms with Crippen LogP contribution in [0.2, 0.25) is 0 Å². The Morgan fingerprint density at radius 3 is 2.74 bits per heavy atom. The molecule has 2 aromatic carbocycles. The Labute approximate surface area is 114 Å². The van der Waals surface area contributed by atoms with Crippen LogP contribution in [-0.4, -0.2) is 7.05 Å². The summed E-state index contributed by atoms with van der Waals surface area (Å²) in [7, 11) is 1.98. The first-order valence-electron chi connectivity index (χ1n) is 6.72. The third-order valence-electron chi connectivity index (χ3n) is 3.72. The largest absolute Gasteiger partial charge is 0.372 e. The Bertz CT molecular complexity index is 604. The molecule has 3 rings (SSSR count). The number of nitrogens with one attached hydrogen (secondary N) is 1. The standard InChI is InChI=1S/C17H19NO/c1-12-3-4-13(9-18-2)7-17(12)14-5-6-15-10-19-11-16(15)8-14/h3-8,18H,9-11H2,1-2H3. The molecule has 0 aliphatic carbocycles. The minimum Gasteiger partial charge on any atom is -0.372 e. The van der Waals surface area contributed by atoms with Gasteiger partial charge < -0.3 is 10.1 Å². The molecule has 2 nitrogen and oxygen atoms in total. The predicted octanol–water partition coefficient (Wildman–Crippen LogP) is 3.41. The average molecular weight is 253 g/mol. The van der Waals surface area contributed by atoms with Gasteiger partial charge in [0.1, 0.15) is 0 Å². The van der Waals surface area contributed by atoms with E-state index in [0.717, 1.165) is 19.8 Å². The quantitative estimate of drug-likeness (QED) is 0.905. The number of hydrogen-bond donors (Lipinski definition) is 1. The molecule has 1 heterocycles. The van der Waals surface area contributed by atoms with Gasteiger partial charge in [0.05, 0.1) is 13.2 Å². The lowest BCUT2D eigenvalue weighted by molar-refractivity contribution is 0.134. The van der Waals surface area contributed by atoms with Crippen molar-refractivity contribution in [2.75, 3.05) is 7.05 Å². The summed E-state index contributed by atoms with van der Waals surface area (Å²) < 4.78 is 5.49. The summed E-state index contributed by atoms with van der Waals surface area (Å²) in [5.41, 5.74) is 7.91. The van der Waals surface area contributed by atoms with Crippen molar-refractivity contribution in [3.8, 4) is 11.1 Å². The Morgan fingerprint density at radius 2 is 1.89 bits per heavy atom. The van der Waals surface area contributed by atoms with Crippen LogP contribution >= 0.6 is 0 Å². The fourth-order valence-electron chi connectivity index (χ4n) is 2.63. The highest BCUT2D eigenvalue weighted by molar-refractivity contribution is 5.69. The van der Waals surface area contributed by atoms with E-state index >= 15 is 0 Å². The zero-order chi connectivity index (χ0) is 13.2. The molecule has 0 aromatic heterocycles. The van der Waals surface area contributed by atoms with Crippen LogP contribution < -0.4 is 5.32 Å². The molecule has 0 unspecified atom stereocenters. The van der Waals surface area contributed by atoms with Crippen molar-refractivity contribution in [2.24, 2.45) is 0 Å². The van der Waals surface area contributed by atoms with Crippen LogP contribution in [0.1, 0.15) is 22.3 Å². The monoisotopic (exact) mass is 253 g/mol. The van der Waals surface area contributed by atoms with E-state index < -0.39 is 0 Å². The van der Waals surface area contributed by atoms with Crippen LogP contribution in [-0.2, 0) is 24.5 Å². The van der Waals surface area contributed by atoms with Crippen molar-refractivity contribution in [1.29, 1.82) is 0 Å². The van der Waals surface area contributed by atoms with Crippen LogP contribution in [0.15, 0.2) is 36.4 Å². The highest BCUT2D eigenvalue weighted by Crippen LogP contribution is 2.29. The Morgan fingerprint density at radius 1 is 1.05 bits per heavy atom. The first kappa shape index (κ1) is 12.4. The van der Waals surface area contributed by atoms with Crippen molar-refractivity contribution in [1.82, 2.24) is 5.32 Å². The summed E-state index contributed by atoms with van der Waals surface area (Å²) in [6.07, 6.45) is 0. The first-order chi connectivity index (χ1) is 9.28. The van der Waals surface area contributed by atoms with Crippen molar-refractivity contribution in [3.05, 3.63) is 58.7 Å². The Hall–Kier alpha value is -1.64. The Balaban J connectivity index is 2.03. The topological polar surface area (TPSA) is 21.3 Å². The number of fused-ring (bicyclic) bond motifs is 1. The van der Waals surface area contributed by atoms with Crippen LogP contribution in [0.3, 0.4) is 0 Å². The van der Waals surface area contributed by atoms with Gasteiger partial charge in [-0.15, -0.1) is 0 Å². The molecule has 0 atom stereocenters. The van der Waals surface area contributed by atoms with Crippen molar-refractivity contribution in [3.63, 3.8) is 0 Å². The number of rotatable bonds is 3. The van der Waals surface area contributed by atoms with E-state index in [2.05, 4.69) is 48.6 Å². The molecule has 19 heavy (non-hydrogen) atoms. The molecule has 0 fully saturated rings. The van der Waals surface area contributed by atoms with Gasteiger partial charge in [-0.05, 0) is 59.5 Å². The SMILES string of the molecule is CNCc1ccc(C)c(-c2ccc3c(c2)COC3)c1. The molecule has 2 heteroatoms. The van der Waals surface area contributed by atoms with Gasteiger partial charge in [-0.3, -0.25) is 0 Å². The number of aryl methyl sites for hydroxylation is 1. The number of ether oxygens (including phenoxy) is 1. The van der Waals surface area contributed by atoms with Gasteiger partial charge in [0.2, 0.25) is 0 Å². The predicted molar refractivity (Wildman–Crippen MR) is 77.9 cm³/mol. The van der Waals surface area contributed by atoms with Crippen molar-refractivity contribution in [2.45, 2.75) is 26.7 Å². The first-order valence-corrected chi connectivity index (χ1v) is 6.72. The van der Waals surface area contributed by atoms with Crippen LogP contribution in [0.25, 0.3) is 11.1 Å². The second kappa shape index (κ2) is 5.16. The molecule has 0 amide bonds. The lowest BCUT2D eigenvalue weighted by atomic mass is 9.95. The summed E-state index contributed by atoms with van der Waals surface area (Å²) in [6, 6.07) is 13.3. The fraction of sp³-hybridized carbons (Fsp3) is 0.294. The van der Waals surface area contributed by atoms with Gasteiger partial charge in [-0.25, -0.2) is 0 Å². The summed E-state index contributed by atoms with van der Waals surface area (Å²) in [5.74, 6) is 0. The smallest absolute Gasteiger partial charge is 0.0725 e. The number of benzene rings is 2. The summed E-state index contributed by atoms with van der Waals surface area (Å²) in [4.78, 5) is 0. The molecule has 1 aliphatic rings. The molecule has 1 N–H and O–H groups in total. The maximum atomic E-state index is 5.49. The van der Waals surface area contributed by atoms with Crippen molar-refractivity contribution >= 4 is 0 Å². The molecule has 0 radical (unpaired) electrons. The average Bonchev–Trinajstić information content (AvgIpc) is 2.88. The molecule has 0 bridgehead atoms. The Kier molecular flexibility index (Phi) is 3.36. The molecule has 0 saturated carbocycles. The molecule has 1 aliphatic heterocycles. The summed E-state index contributed by atoms with van der Waals surface area (Å²) in [5, 5.41) is 3.20. The van der Waals surface area contributed by atoms with E-state index in [4.69, 9.17) is 4.74 Å². The molecule has 2 aromatic rings. The van der Waals surface area contributed by atoms with E-state index in [9.17, 15) is 0 Å². The van der Waals surface area contributed by atoms with E-state index in [1.54, 1.807) is 0 Å². The van der Waals surface area contributed by atoms with Gasteiger partial charge in [-0.1, -0.05) is 24.3 Å². The van der Waals surface area contributed by atoms with E-state index in [1.807, 2.05) is 7.05 Å². The van der Waals surface area contributed by atoms with Gasteiger partial charge in [0.25, 0.3) is 0 Å². The van der Waals surface area contributed by atoms with Gasteiger partial charge in [0, 0.05) is 6.54 Å². The van der Waals surface area contributed by atoms with E-state index in [0.29, 0.717) is 0 Å². The van der Waals surface area contributed by atoms with E-state index in [-0.39, 0.29) is 0 Å². The van der Waals surface area contributed by atoms with Crippen molar-refractivity contribution < 1.29 is 4.74 Å². The fourth-order valence-corrected chi connectivity index (χ4v) is 2.63. The van der Waals surface area contributed by atoms with Crippen LogP contribution in [0, 0.1) is 6.92 Å². The number of hydrogen-bond acceptors (Lipinski definition) is 2. The minimum atomic E-state index is 0.748. The van der Waals surface area contributed by atoms with Gasteiger partial charge in [0.15, 0.2) is 0 Å². The highest BCUT2D eigenvalue weighted by atomic mass is 16.5. The van der Waals surface area contributed by atoms with Crippen LogP contribution in [0.4, 0.5) is 0 Å². The maximum absolute atomic E-state index is 5.49. The van der Waals surface area contributed by atoms with Gasteiger partial charge in [-0.2, -0.15) is 0 Å². The lowest BCUT2D eigenvalue weighted by Crippen LogP contribution is -2.05. The second-order valence-corrected chi connectivity index (χ2v) is 5.16. The molecule has 0 saturated heterocycles. The maximum Gasteiger partial charge on any atom is 0.0725 e. The minimum absolute atomic E-state index is 0.748. The molecule has 98 valence electrons. The highest BCUT2D eigenvalue weighted by Gasteiger charge is 2.12. The molecular formula is C17H19NO. The van der Waals surface area contributed by atoms with E-state index in [1.165, 1.54) is 33.4 Å². The van der Waals surface area contributed by atoms with Crippen LogP contribution in [0.5, 0.6) is 0 Å². The molecular weight excluding hydrogens is 234 g/mol. The van der Waals surface area contributed by atoms with Gasteiger partial charge >= 0.3 is 0 Å². The third kappa shape index (κ3) is 2.42. The summed E-state index contributed by atoms with van der Waals surface area (Å²) in [6.45, 7) is 4.58. The second-order valence-electron chi connectivity index (χ2n) is 5.16. The molecule has 0 spiro atoms. The normalized spacial score (nSPS) is 13.6. The third-order valence-corrected chi connectivity index (χ3v) is 3.72. The zero-order valence-electron chi connectivity index (χ0n) is 11.5. The summed E-state index contributed by atoms with van der Waals surface area (Å²) >= 11 is 0. The lowest BCUT2D eigenvalue weighted by Gasteiger charge is -2.10.